The van der Waals surface area contributed by atoms with Crippen molar-refractivity contribution in [2.24, 2.45) is 0 Å². The van der Waals surface area contributed by atoms with Crippen molar-refractivity contribution in [1.29, 1.82) is 0 Å². The van der Waals surface area contributed by atoms with Crippen molar-refractivity contribution >= 4 is 39.1 Å². The van der Waals surface area contributed by atoms with Gasteiger partial charge in [0.1, 0.15) is 12.6 Å². The van der Waals surface area contributed by atoms with Gasteiger partial charge in [0.2, 0.25) is 21.8 Å². The van der Waals surface area contributed by atoms with Crippen molar-refractivity contribution in [3.63, 3.8) is 0 Å². The Hall–Kier alpha value is -2.58. The summed E-state index contributed by atoms with van der Waals surface area (Å²) in [7, 11) is -3.81. The number of halogens is 1. The molecule has 0 aromatic heterocycles. The van der Waals surface area contributed by atoms with Gasteiger partial charge in [0.15, 0.2) is 0 Å². The lowest BCUT2D eigenvalue weighted by Crippen LogP contribution is -2.52. The maximum absolute atomic E-state index is 13.7. The van der Waals surface area contributed by atoms with E-state index in [1.54, 1.807) is 19.1 Å². The van der Waals surface area contributed by atoms with Gasteiger partial charge in [-0.2, -0.15) is 0 Å². The molecule has 2 amide bonds. The van der Waals surface area contributed by atoms with E-state index in [1.807, 2.05) is 45.0 Å². The summed E-state index contributed by atoms with van der Waals surface area (Å²) in [6.07, 6.45) is 3.22. The minimum absolute atomic E-state index is 0.192. The Morgan fingerprint density at radius 1 is 1.06 bits per heavy atom. The molecule has 0 unspecified atom stereocenters. The van der Waals surface area contributed by atoms with Gasteiger partial charge in [-0.15, -0.1) is 0 Å². The first-order valence-corrected chi connectivity index (χ1v) is 14.1. The van der Waals surface area contributed by atoms with E-state index in [-0.39, 0.29) is 12.5 Å². The topological polar surface area (TPSA) is 86.8 Å². The number of amides is 2. The van der Waals surface area contributed by atoms with E-state index in [0.717, 1.165) is 34.5 Å². The Morgan fingerprint density at radius 3 is 2.34 bits per heavy atom. The van der Waals surface area contributed by atoms with E-state index < -0.39 is 28.5 Å². The van der Waals surface area contributed by atoms with Crippen LogP contribution in [0.3, 0.4) is 0 Å². The van der Waals surface area contributed by atoms with Gasteiger partial charge in [-0.05, 0) is 55.5 Å². The first-order valence-electron chi connectivity index (χ1n) is 11.8. The second-order valence-electron chi connectivity index (χ2n) is 8.72. The van der Waals surface area contributed by atoms with Gasteiger partial charge in [-0.3, -0.25) is 13.9 Å². The monoisotopic (exact) mass is 521 g/mol. The maximum atomic E-state index is 13.7. The fraction of sp³-hybridized carbons (Fsp3) is 0.462. The Labute approximate surface area is 214 Å². The summed E-state index contributed by atoms with van der Waals surface area (Å²) in [5, 5.41) is 3.29. The normalized spacial score (nSPS) is 12.2. The van der Waals surface area contributed by atoms with Crippen LogP contribution in [-0.4, -0.2) is 50.5 Å². The Balaban J connectivity index is 2.46. The van der Waals surface area contributed by atoms with Crippen molar-refractivity contribution in [2.75, 3.05) is 23.7 Å². The number of hydrogen-bond donors (Lipinski definition) is 1. The van der Waals surface area contributed by atoms with Gasteiger partial charge in [0.25, 0.3) is 0 Å². The third kappa shape index (κ3) is 7.97. The van der Waals surface area contributed by atoms with E-state index in [2.05, 4.69) is 5.32 Å². The maximum Gasteiger partial charge on any atom is 0.244 e. The van der Waals surface area contributed by atoms with Crippen LogP contribution in [0.1, 0.15) is 49.8 Å². The number of aryl methyl sites for hydroxylation is 2. The zero-order valence-electron chi connectivity index (χ0n) is 21.2. The molecule has 1 atom stereocenters. The largest absolute Gasteiger partial charge is 0.354 e. The average molecular weight is 522 g/mol. The minimum Gasteiger partial charge on any atom is -0.354 e. The molecule has 0 radical (unpaired) electrons. The number of nitrogens with one attached hydrogen (secondary N) is 1. The fourth-order valence-electron chi connectivity index (χ4n) is 3.84. The highest BCUT2D eigenvalue weighted by molar-refractivity contribution is 7.92. The molecule has 192 valence electrons. The summed E-state index contributed by atoms with van der Waals surface area (Å²) < 4.78 is 26.6. The number of anilines is 1. The molecule has 35 heavy (non-hydrogen) atoms. The van der Waals surface area contributed by atoms with Crippen molar-refractivity contribution in [1.82, 2.24) is 10.2 Å². The molecule has 2 aromatic carbocycles. The van der Waals surface area contributed by atoms with Gasteiger partial charge in [0, 0.05) is 18.1 Å². The molecule has 7 nitrogen and oxygen atoms in total. The first-order chi connectivity index (χ1) is 16.5. The average Bonchev–Trinajstić information content (AvgIpc) is 2.79. The molecule has 0 bridgehead atoms. The third-order valence-corrected chi connectivity index (χ3v) is 7.30. The molecule has 0 heterocycles. The van der Waals surface area contributed by atoms with Gasteiger partial charge in [0.05, 0.1) is 11.9 Å². The van der Waals surface area contributed by atoms with Gasteiger partial charge in [-0.25, -0.2) is 8.42 Å². The first kappa shape index (κ1) is 28.7. The van der Waals surface area contributed by atoms with Crippen LogP contribution in [0.4, 0.5) is 5.69 Å². The molecule has 0 aliphatic carbocycles. The molecule has 0 saturated heterocycles. The van der Waals surface area contributed by atoms with Crippen molar-refractivity contribution in [3.05, 3.63) is 64.2 Å². The highest BCUT2D eigenvalue weighted by Crippen LogP contribution is 2.27. The number of carbonyl (C=O) groups excluding carboxylic acids is 2. The predicted molar refractivity (Wildman–Crippen MR) is 142 cm³/mol. The molecule has 1 N–H and O–H groups in total. The minimum atomic E-state index is -3.81. The summed E-state index contributed by atoms with van der Waals surface area (Å²) in [5.41, 5.74) is 2.88. The lowest BCUT2D eigenvalue weighted by atomic mass is 10.1. The van der Waals surface area contributed by atoms with Crippen LogP contribution in [-0.2, 0) is 26.2 Å². The third-order valence-electron chi connectivity index (χ3n) is 5.94. The number of carbonyl (C=O) groups is 2. The van der Waals surface area contributed by atoms with Crippen LogP contribution in [0.25, 0.3) is 0 Å². The van der Waals surface area contributed by atoms with E-state index in [1.165, 1.54) is 11.0 Å². The summed E-state index contributed by atoms with van der Waals surface area (Å²) >= 11 is 6.14. The number of benzene rings is 2. The van der Waals surface area contributed by atoms with E-state index >= 15 is 0 Å². The fourth-order valence-corrected chi connectivity index (χ4v) is 4.91. The van der Waals surface area contributed by atoms with Gasteiger partial charge >= 0.3 is 0 Å². The molecule has 0 spiro atoms. The number of hydrogen-bond acceptors (Lipinski definition) is 4. The molecule has 0 aliphatic rings. The summed E-state index contributed by atoms with van der Waals surface area (Å²) in [6.45, 7) is 7.86. The van der Waals surface area contributed by atoms with E-state index in [9.17, 15) is 18.0 Å². The van der Waals surface area contributed by atoms with Crippen molar-refractivity contribution < 1.29 is 18.0 Å². The highest BCUT2D eigenvalue weighted by Gasteiger charge is 2.32. The lowest BCUT2D eigenvalue weighted by molar-refractivity contribution is -0.140. The molecular weight excluding hydrogens is 486 g/mol. The molecule has 0 aliphatic heterocycles. The number of nitrogens with zero attached hydrogens (tertiary/aromatic N) is 2. The van der Waals surface area contributed by atoms with Crippen LogP contribution >= 0.6 is 11.6 Å². The lowest BCUT2D eigenvalue weighted by Gasteiger charge is -2.33. The summed E-state index contributed by atoms with van der Waals surface area (Å²) in [5.74, 6) is -0.705. The molecule has 9 heteroatoms. The number of rotatable bonds is 12. The summed E-state index contributed by atoms with van der Waals surface area (Å²) in [6, 6.07) is 11.8. The second-order valence-corrected chi connectivity index (χ2v) is 11.1. The molecular formula is C26H36ClN3O4S. The molecule has 0 fully saturated rings. The second kappa shape index (κ2) is 12.9. The van der Waals surface area contributed by atoms with Crippen LogP contribution in [0, 0.1) is 13.8 Å². The molecule has 0 saturated carbocycles. The smallest absolute Gasteiger partial charge is 0.244 e. The number of unbranched alkanes of at least 4 members (excludes halogenated alkanes) is 1. The van der Waals surface area contributed by atoms with Crippen molar-refractivity contribution in [2.45, 2.75) is 59.5 Å². The van der Waals surface area contributed by atoms with E-state index in [0.29, 0.717) is 29.2 Å². The quantitative estimate of drug-likeness (QED) is 0.418. The Bertz CT molecular complexity index is 1140. The summed E-state index contributed by atoms with van der Waals surface area (Å²) in [4.78, 5) is 28.3. The zero-order valence-corrected chi connectivity index (χ0v) is 22.7. The van der Waals surface area contributed by atoms with Crippen LogP contribution < -0.4 is 9.62 Å². The van der Waals surface area contributed by atoms with Crippen LogP contribution in [0.15, 0.2) is 42.5 Å². The van der Waals surface area contributed by atoms with Gasteiger partial charge < -0.3 is 10.2 Å². The SMILES string of the molecule is CCCCNC(=O)[C@H](CC)N(Cc1ccccc1C)C(=O)CN(c1cc(Cl)ccc1C)S(C)(=O)=O. The Morgan fingerprint density at radius 2 is 1.74 bits per heavy atom. The Kier molecular flexibility index (Phi) is 10.6. The standard InChI is InChI=1S/C26H36ClN3O4S/c1-6-8-15-28-26(32)23(7-2)29(17-21-12-10-9-11-19(21)3)25(31)18-30(35(5,33)34)24-16-22(27)14-13-20(24)4/h9-14,16,23H,6-8,15,17-18H2,1-5H3,(H,28,32)/t23-/m0/s1. The van der Waals surface area contributed by atoms with Crippen LogP contribution in [0.5, 0.6) is 0 Å². The van der Waals surface area contributed by atoms with Gasteiger partial charge in [-0.1, -0.05) is 62.2 Å². The van der Waals surface area contributed by atoms with E-state index in [4.69, 9.17) is 11.6 Å². The highest BCUT2D eigenvalue weighted by atomic mass is 35.5. The number of sulfonamides is 1. The predicted octanol–water partition coefficient (Wildman–Crippen LogP) is 4.45. The van der Waals surface area contributed by atoms with Crippen molar-refractivity contribution in [3.8, 4) is 0 Å². The molecule has 2 aromatic rings. The molecule has 2 rings (SSSR count). The van der Waals surface area contributed by atoms with Crippen LogP contribution in [0.2, 0.25) is 5.02 Å². The zero-order chi connectivity index (χ0) is 26.2.